The van der Waals surface area contributed by atoms with E-state index in [9.17, 15) is 9.18 Å². The molecule has 0 radical (unpaired) electrons. The number of hydrogen-bond donors (Lipinski definition) is 2. The summed E-state index contributed by atoms with van der Waals surface area (Å²) < 4.78 is 13.4. The molecule has 0 bridgehead atoms. The summed E-state index contributed by atoms with van der Waals surface area (Å²) >= 11 is 5.73. The van der Waals surface area contributed by atoms with Crippen LogP contribution < -0.4 is 0 Å². The van der Waals surface area contributed by atoms with Crippen molar-refractivity contribution in [3.8, 4) is 0 Å². The average Bonchev–Trinajstić information content (AvgIpc) is 2.45. The van der Waals surface area contributed by atoms with Crippen LogP contribution in [0.15, 0.2) is 18.2 Å². The standard InChI is InChI=1S/C9H5ClFNO2/c10-4-2-1-3-5-6(4)7(11)8(12-5)9(13)14/h1-3,12H,(H,13,14). The molecule has 5 heteroatoms. The minimum absolute atomic E-state index is 0.117. The minimum atomic E-state index is -1.34. The van der Waals surface area contributed by atoms with Crippen molar-refractivity contribution in [3.63, 3.8) is 0 Å². The summed E-state index contributed by atoms with van der Waals surface area (Å²) in [6.45, 7) is 0. The third kappa shape index (κ3) is 1.15. The largest absolute Gasteiger partial charge is 0.476 e. The lowest BCUT2D eigenvalue weighted by Gasteiger charge is -1.91. The number of aromatic nitrogens is 1. The van der Waals surface area contributed by atoms with E-state index in [1.807, 2.05) is 0 Å². The fraction of sp³-hybridized carbons (Fsp3) is 0. The molecule has 0 spiro atoms. The van der Waals surface area contributed by atoms with E-state index in [4.69, 9.17) is 16.7 Å². The fourth-order valence-electron chi connectivity index (χ4n) is 1.31. The highest BCUT2D eigenvalue weighted by Crippen LogP contribution is 2.27. The number of hydrogen-bond acceptors (Lipinski definition) is 1. The Hall–Kier alpha value is -1.55. The maximum atomic E-state index is 13.4. The van der Waals surface area contributed by atoms with Gasteiger partial charge in [-0.15, -0.1) is 0 Å². The van der Waals surface area contributed by atoms with Gasteiger partial charge in [0.1, 0.15) is 0 Å². The number of nitrogens with one attached hydrogen (secondary N) is 1. The van der Waals surface area contributed by atoms with E-state index in [1.165, 1.54) is 6.07 Å². The van der Waals surface area contributed by atoms with Gasteiger partial charge < -0.3 is 10.1 Å². The van der Waals surface area contributed by atoms with Crippen molar-refractivity contribution < 1.29 is 14.3 Å². The fourth-order valence-corrected chi connectivity index (χ4v) is 1.57. The third-order valence-corrected chi connectivity index (χ3v) is 2.24. The molecule has 72 valence electrons. The molecule has 2 N–H and O–H groups in total. The van der Waals surface area contributed by atoms with Crippen molar-refractivity contribution in [1.82, 2.24) is 4.98 Å². The van der Waals surface area contributed by atoms with E-state index in [-0.39, 0.29) is 10.4 Å². The highest BCUT2D eigenvalue weighted by Gasteiger charge is 2.18. The monoisotopic (exact) mass is 213 g/mol. The van der Waals surface area contributed by atoms with Gasteiger partial charge in [0.25, 0.3) is 0 Å². The first-order chi connectivity index (χ1) is 6.61. The summed E-state index contributed by atoms with van der Waals surface area (Å²) in [6.07, 6.45) is 0. The summed E-state index contributed by atoms with van der Waals surface area (Å²) in [5.41, 5.74) is -0.0829. The lowest BCUT2D eigenvalue weighted by molar-refractivity contribution is 0.0686. The molecule has 0 saturated heterocycles. The normalized spacial score (nSPS) is 10.7. The Morgan fingerprint density at radius 3 is 2.79 bits per heavy atom. The molecule has 0 aliphatic heterocycles. The van der Waals surface area contributed by atoms with E-state index in [0.717, 1.165) is 0 Å². The average molecular weight is 214 g/mol. The van der Waals surface area contributed by atoms with Crippen LogP contribution in [0.25, 0.3) is 10.9 Å². The second-order valence-corrected chi connectivity index (χ2v) is 3.19. The Bertz CT molecular complexity index is 521. The van der Waals surface area contributed by atoms with Crippen molar-refractivity contribution in [2.75, 3.05) is 0 Å². The van der Waals surface area contributed by atoms with Gasteiger partial charge in [0.15, 0.2) is 11.5 Å². The molecule has 0 unspecified atom stereocenters. The molecule has 0 aliphatic carbocycles. The van der Waals surface area contributed by atoms with Crippen LogP contribution in [0.2, 0.25) is 5.02 Å². The molecule has 2 rings (SSSR count). The first kappa shape index (κ1) is 9.02. The molecular formula is C9H5ClFNO2. The van der Waals surface area contributed by atoms with Gasteiger partial charge in [0, 0.05) is 0 Å². The predicted octanol–water partition coefficient (Wildman–Crippen LogP) is 2.66. The summed E-state index contributed by atoms with van der Waals surface area (Å²) in [5, 5.41) is 8.96. The van der Waals surface area contributed by atoms with Gasteiger partial charge in [0.05, 0.1) is 15.9 Å². The van der Waals surface area contributed by atoms with E-state index in [2.05, 4.69) is 4.98 Å². The van der Waals surface area contributed by atoms with Gasteiger partial charge in [-0.2, -0.15) is 0 Å². The smallest absolute Gasteiger partial charge is 0.355 e. The molecule has 14 heavy (non-hydrogen) atoms. The molecule has 1 heterocycles. The Kier molecular flexibility index (Phi) is 1.93. The Balaban J connectivity index is 2.87. The summed E-state index contributed by atoms with van der Waals surface area (Å²) in [6, 6.07) is 4.69. The maximum Gasteiger partial charge on any atom is 0.355 e. The second-order valence-electron chi connectivity index (χ2n) is 2.78. The number of halogens is 2. The van der Waals surface area contributed by atoms with Crippen molar-refractivity contribution in [3.05, 3.63) is 34.7 Å². The maximum absolute atomic E-state index is 13.4. The number of aromatic amines is 1. The quantitative estimate of drug-likeness (QED) is 0.765. The highest BCUT2D eigenvalue weighted by molar-refractivity contribution is 6.35. The molecular weight excluding hydrogens is 209 g/mol. The number of carbonyl (C=O) groups is 1. The molecule has 3 nitrogen and oxygen atoms in total. The van der Waals surface area contributed by atoms with Crippen molar-refractivity contribution in [1.29, 1.82) is 0 Å². The molecule has 0 fully saturated rings. The van der Waals surface area contributed by atoms with Crippen LogP contribution in [-0.2, 0) is 0 Å². The van der Waals surface area contributed by atoms with Crippen LogP contribution in [0.5, 0.6) is 0 Å². The molecule has 0 saturated carbocycles. The van der Waals surface area contributed by atoms with Crippen LogP contribution in [-0.4, -0.2) is 16.1 Å². The number of carboxylic acids is 1. The van der Waals surface area contributed by atoms with E-state index in [0.29, 0.717) is 5.52 Å². The molecule has 0 amide bonds. The first-order valence-corrected chi connectivity index (χ1v) is 4.18. The Morgan fingerprint density at radius 2 is 2.21 bits per heavy atom. The summed E-state index contributed by atoms with van der Waals surface area (Å²) in [7, 11) is 0. The molecule has 1 aromatic carbocycles. The zero-order valence-corrected chi connectivity index (χ0v) is 7.60. The number of benzene rings is 1. The second kappa shape index (κ2) is 2.99. The lowest BCUT2D eigenvalue weighted by atomic mass is 10.2. The summed E-state index contributed by atoms with van der Waals surface area (Å²) in [5.74, 6) is -2.16. The highest BCUT2D eigenvalue weighted by atomic mass is 35.5. The van der Waals surface area contributed by atoms with Crippen LogP contribution in [0.4, 0.5) is 4.39 Å². The van der Waals surface area contributed by atoms with Gasteiger partial charge in [0.2, 0.25) is 0 Å². The third-order valence-electron chi connectivity index (χ3n) is 1.93. The van der Waals surface area contributed by atoms with Crippen molar-refractivity contribution in [2.24, 2.45) is 0 Å². The van der Waals surface area contributed by atoms with E-state index < -0.39 is 17.5 Å². The van der Waals surface area contributed by atoms with Crippen LogP contribution in [0.1, 0.15) is 10.5 Å². The predicted molar refractivity (Wildman–Crippen MR) is 50.2 cm³/mol. The Morgan fingerprint density at radius 1 is 1.50 bits per heavy atom. The number of H-pyrrole nitrogens is 1. The molecule has 2 aromatic rings. The van der Waals surface area contributed by atoms with Gasteiger partial charge >= 0.3 is 5.97 Å². The van der Waals surface area contributed by atoms with Crippen molar-refractivity contribution >= 4 is 28.5 Å². The molecule has 1 aromatic heterocycles. The van der Waals surface area contributed by atoms with Crippen LogP contribution in [0, 0.1) is 5.82 Å². The summed E-state index contributed by atoms with van der Waals surface area (Å²) in [4.78, 5) is 13.0. The number of rotatable bonds is 1. The zero-order valence-electron chi connectivity index (χ0n) is 6.84. The minimum Gasteiger partial charge on any atom is -0.476 e. The van der Waals surface area contributed by atoms with E-state index in [1.54, 1.807) is 12.1 Å². The van der Waals surface area contributed by atoms with E-state index >= 15 is 0 Å². The lowest BCUT2D eigenvalue weighted by Crippen LogP contribution is -1.98. The SMILES string of the molecule is O=C(O)c1[nH]c2cccc(Cl)c2c1F. The van der Waals surface area contributed by atoms with Gasteiger partial charge in [-0.1, -0.05) is 17.7 Å². The first-order valence-electron chi connectivity index (χ1n) is 3.80. The number of aromatic carboxylic acids is 1. The molecule has 0 atom stereocenters. The van der Waals surface area contributed by atoms with Gasteiger partial charge in [-0.25, -0.2) is 9.18 Å². The van der Waals surface area contributed by atoms with Crippen LogP contribution in [0.3, 0.4) is 0 Å². The van der Waals surface area contributed by atoms with Crippen molar-refractivity contribution in [2.45, 2.75) is 0 Å². The Labute approximate surface area is 83.1 Å². The topological polar surface area (TPSA) is 53.1 Å². The molecule has 0 aliphatic rings. The zero-order chi connectivity index (χ0) is 10.3. The van der Waals surface area contributed by atoms with Gasteiger partial charge in [-0.05, 0) is 12.1 Å². The van der Waals surface area contributed by atoms with Crippen LogP contribution >= 0.6 is 11.6 Å². The number of carboxylic acid groups (broad SMARTS) is 1. The van der Waals surface area contributed by atoms with Gasteiger partial charge in [-0.3, -0.25) is 0 Å². The number of fused-ring (bicyclic) bond motifs is 1.